The molecule has 0 aromatic rings. The number of hydrogen-bond acceptors (Lipinski definition) is 4. The van der Waals surface area contributed by atoms with Crippen molar-refractivity contribution >= 4 is 12.1 Å². The van der Waals surface area contributed by atoms with Crippen LogP contribution < -0.4 is 10.6 Å². The van der Waals surface area contributed by atoms with Crippen molar-refractivity contribution in [2.75, 3.05) is 52.9 Å². The number of nitrogens with zero attached hydrogens (tertiary/aromatic N) is 3. The molecule has 0 bridgehead atoms. The third kappa shape index (κ3) is 5.54. The Morgan fingerprint density at radius 2 is 1.96 bits per heavy atom. The maximum absolute atomic E-state index is 11.7. The molecule has 2 saturated heterocycles. The molecule has 2 heterocycles. The molecule has 2 fully saturated rings. The van der Waals surface area contributed by atoms with Crippen LogP contribution in [0.2, 0.25) is 0 Å². The van der Waals surface area contributed by atoms with Gasteiger partial charge in [0.15, 0.2) is 5.96 Å². The van der Waals surface area contributed by atoms with E-state index in [4.69, 9.17) is 4.74 Å². The van der Waals surface area contributed by atoms with E-state index in [-0.39, 0.29) is 6.09 Å². The van der Waals surface area contributed by atoms with Crippen molar-refractivity contribution in [1.82, 2.24) is 20.4 Å². The first-order chi connectivity index (χ1) is 11.7. The summed E-state index contributed by atoms with van der Waals surface area (Å²) in [6.45, 7) is 10.5. The van der Waals surface area contributed by atoms with E-state index in [9.17, 15) is 4.79 Å². The standard InChI is InChI=1S/C17H33N5O2/c1-4-21-9-6-14(13-21)12-19-16(18-3)20-15-7-10-22(11-8-15)17(23)24-5-2/h14-15H,4-13H2,1-3H3,(H2,18,19,20). The van der Waals surface area contributed by atoms with Gasteiger partial charge >= 0.3 is 6.09 Å². The van der Waals surface area contributed by atoms with Gasteiger partial charge in [-0.1, -0.05) is 6.92 Å². The average Bonchev–Trinajstić information content (AvgIpc) is 3.07. The summed E-state index contributed by atoms with van der Waals surface area (Å²) < 4.78 is 5.06. The van der Waals surface area contributed by atoms with Crippen LogP contribution in [-0.2, 0) is 4.74 Å². The second kappa shape index (κ2) is 9.71. The minimum atomic E-state index is -0.194. The quantitative estimate of drug-likeness (QED) is 0.580. The molecule has 2 N–H and O–H groups in total. The molecule has 1 atom stereocenters. The summed E-state index contributed by atoms with van der Waals surface area (Å²) in [7, 11) is 1.82. The van der Waals surface area contributed by atoms with Crippen LogP contribution in [0.1, 0.15) is 33.1 Å². The lowest BCUT2D eigenvalue weighted by atomic mass is 10.1. The lowest BCUT2D eigenvalue weighted by Gasteiger charge is -2.32. The topological polar surface area (TPSA) is 69.2 Å². The Morgan fingerprint density at radius 3 is 2.54 bits per heavy atom. The first kappa shape index (κ1) is 18.8. The van der Waals surface area contributed by atoms with Gasteiger partial charge in [-0.15, -0.1) is 0 Å². The van der Waals surface area contributed by atoms with E-state index >= 15 is 0 Å². The van der Waals surface area contributed by atoms with Gasteiger partial charge in [0.1, 0.15) is 0 Å². The summed E-state index contributed by atoms with van der Waals surface area (Å²) in [6.07, 6.45) is 2.91. The van der Waals surface area contributed by atoms with Gasteiger partial charge in [-0.25, -0.2) is 4.79 Å². The molecule has 7 nitrogen and oxygen atoms in total. The van der Waals surface area contributed by atoms with E-state index < -0.39 is 0 Å². The van der Waals surface area contributed by atoms with Crippen molar-refractivity contribution in [3.8, 4) is 0 Å². The first-order valence-electron chi connectivity index (χ1n) is 9.27. The van der Waals surface area contributed by atoms with Crippen LogP contribution in [0.25, 0.3) is 0 Å². The largest absolute Gasteiger partial charge is 0.450 e. The lowest BCUT2D eigenvalue weighted by molar-refractivity contribution is 0.0963. The fourth-order valence-electron chi connectivity index (χ4n) is 3.42. The van der Waals surface area contributed by atoms with Crippen molar-refractivity contribution < 1.29 is 9.53 Å². The Hall–Kier alpha value is -1.50. The maximum atomic E-state index is 11.7. The molecule has 2 aliphatic rings. The number of nitrogens with one attached hydrogen (secondary N) is 2. The minimum absolute atomic E-state index is 0.194. The molecule has 7 heteroatoms. The number of likely N-dealkylation sites (tertiary alicyclic amines) is 2. The number of hydrogen-bond donors (Lipinski definition) is 2. The van der Waals surface area contributed by atoms with Crippen LogP contribution in [0.4, 0.5) is 4.79 Å². The summed E-state index contributed by atoms with van der Waals surface area (Å²) in [5.74, 6) is 1.58. The number of ether oxygens (including phenoxy) is 1. The zero-order valence-corrected chi connectivity index (χ0v) is 15.4. The summed E-state index contributed by atoms with van der Waals surface area (Å²) in [6, 6.07) is 0.359. The number of piperidine rings is 1. The third-order valence-corrected chi connectivity index (χ3v) is 4.96. The zero-order valence-electron chi connectivity index (χ0n) is 15.4. The number of rotatable bonds is 5. The van der Waals surface area contributed by atoms with Gasteiger partial charge in [0, 0.05) is 39.3 Å². The molecule has 24 heavy (non-hydrogen) atoms. The summed E-state index contributed by atoms with van der Waals surface area (Å²) in [5.41, 5.74) is 0. The second-order valence-corrected chi connectivity index (χ2v) is 6.61. The predicted octanol–water partition coefficient (Wildman–Crippen LogP) is 1.11. The van der Waals surface area contributed by atoms with Crippen LogP contribution in [0.3, 0.4) is 0 Å². The monoisotopic (exact) mass is 339 g/mol. The lowest BCUT2D eigenvalue weighted by Crippen LogP contribution is -2.50. The average molecular weight is 339 g/mol. The van der Waals surface area contributed by atoms with Gasteiger partial charge in [0.05, 0.1) is 6.61 Å². The highest BCUT2D eigenvalue weighted by Gasteiger charge is 2.25. The highest BCUT2D eigenvalue weighted by molar-refractivity contribution is 5.80. The summed E-state index contributed by atoms with van der Waals surface area (Å²) >= 11 is 0. The highest BCUT2D eigenvalue weighted by atomic mass is 16.6. The van der Waals surface area contributed by atoms with Gasteiger partial charge in [-0.3, -0.25) is 4.99 Å². The summed E-state index contributed by atoms with van der Waals surface area (Å²) in [4.78, 5) is 20.3. The van der Waals surface area contributed by atoms with Crippen LogP contribution in [0.5, 0.6) is 0 Å². The van der Waals surface area contributed by atoms with Gasteiger partial charge in [0.25, 0.3) is 0 Å². The molecule has 1 amide bonds. The van der Waals surface area contributed by atoms with Gasteiger partial charge < -0.3 is 25.2 Å². The van der Waals surface area contributed by atoms with Crippen LogP contribution in [0.15, 0.2) is 4.99 Å². The molecule has 1 unspecified atom stereocenters. The Labute approximate surface area is 145 Å². The third-order valence-electron chi connectivity index (χ3n) is 4.96. The molecular formula is C17H33N5O2. The minimum Gasteiger partial charge on any atom is -0.450 e. The Morgan fingerprint density at radius 1 is 1.21 bits per heavy atom. The van der Waals surface area contributed by atoms with Crippen LogP contribution >= 0.6 is 0 Å². The Balaban J connectivity index is 1.68. The van der Waals surface area contributed by atoms with Crippen LogP contribution in [0, 0.1) is 5.92 Å². The van der Waals surface area contributed by atoms with Gasteiger partial charge in [0.2, 0.25) is 0 Å². The van der Waals surface area contributed by atoms with Crippen LogP contribution in [-0.4, -0.2) is 80.8 Å². The number of carbonyl (C=O) groups excluding carboxylic acids is 1. The van der Waals surface area contributed by atoms with E-state index in [0.717, 1.165) is 45.0 Å². The van der Waals surface area contributed by atoms with E-state index in [0.29, 0.717) is 18.6 Å². The fraction of sp³-hybridized carbons (Fsp3) is 0.882. The number of guanidine groups is 1. The zero-order chi connectivity index (χ0) is 17.4. The Kier molecular flexibility index (Phi) is 7.62. The Bertz CT molecular complexity index is 421. The summed E-state index contributed by atoms with van der Waals surface area (Å²) in [5, 5.41) is 6.96. The van der Waals surface area contributed by atoms with E-state index in [1.54, 1.807) is 4.90 Å². The van der Waals surface area contributed by atoms with E-state index in [1.165, 1.54) is 19.5 Å². The molecule has 0 aromatic carbocycles. The van der Waals surface area contributed by atoms with E-state index in [1.807, 2.05) is 14.0 Å². The SMILES string of the molecule is CCOC(=O)N1CCC(NC(=NC)NCC2CCN(CC)C2)CC1. The van der Waals surface area contributed by atoms with Crippen molar-refractivity contribution in [2.24, 2.45) is 10.9 Å². The van der Waals surface area contributed by atoms with Gasteiger partial charge in [-0.2, -0.15) is 0 Å². The molecule has 2 aliphatic heterocycles. The molecule has 0 saturated carbocycles. The molecule has 0 radical (unpaired) electrons. The van der Waals surface area contributed by atoms with Crippen molar-refractivity contribution in [3.63, 3.8) is 0 Å². The predicted molar refractivity (Wildman–Crippen MR) is 96.3 cm³/mol. The molecular weight excluding hydrogens is 306 g/mol. The first-order valence-corrected chi connectivity index (χ1v) is 9.27. The number of carbonyl (C=O) groups is 1. The van der Waals surface area contributed by atoms with Crippen molar-refractivity contribution in [1.29, 1.82) is 0 Å². The maximum Gasteiger partial charge on any atom is 0.409 e. The smallest absolute Gasteiger partial charge is 0.409 e. The van der Waals surface area contributed by atoms with Gasteiger partial charge in [-0.05, 0) is 45.2 Å². The second-order valence-electron chi connectivity index (χ2n) is 6.61. The van der Waals surface area contributed by atoms with Crippen molar-refractivity contribution in [3.05, 3.63) is 0 Å². The van der Waals surface area contributed by atoms with E-state index in [2.05, 4.69) is 27.4 Å². The fourth-order valence-corrected chi connectivity index (χ4v) is 3.42. The molecule has 2 rings (SSSR count). The highest BCUT2D eigenvalue weighted by Crippen LogP contribution is 2.15. The normalized spacial score (nSPS) is 23.4. The number of aliphatic imine (C=N–C) groups is 1. The number of amides is 1. The molecule has 0 aromatic heterocycles. The van der Waals surface area contributed by atoms with Crippen molar-refractivity contribution in [2.45, 2.75) is 39.2 Å². The molecule has 0 aliphatic carbocycles. The molecule has 0 spiro atoms. The molecule has 138 valence electrons.